The van der Waals surface area contributed by atoms with Gasteiger partial charge in [0.2, 0.25) is 0 Å². The Bertz CT molecular complexity index is 814. The zero-order valence-corrected chi connectivity index (χ0v) is 15.3. The van der Waals surface area contributed by atoms with Crippen molar-refractivity contribution in [3.05, 3.63) is 53.6 Å². The molecule has 0 heterocycles. The summed E-state index contributed by atoms with van der Waals surface area (Å²) in [5.74, 6) is 1.52. The molecule has 0 bridgehead atoms. The van der Waals surface area contributed by atoms with E-state index in [1.807, 2.05) is 25.1 Å². The molecule has 0 fully saturated rings. The predicted octanol–water partition coefficient (Wildman–Crippen LogP) is 3.22. The van der Waals surface area contributed by atoms with Crippen molar-refractivity contribution in [2.45, 2.75) is 26.0 Å². The lowest BCUT2D eigenvalue weighted by Gasteiger charge is -2.21. The number of hydrogen-bond acceptors (Lipinski definition) is 5. The van der Waals surface area contributed by atoms with Gasteiger partial charge in [0.1, 0.15) is 17.2 Å². The Labute approximate surface area is 153 Å². The van der Waals surface area contributed by atoms with E-state index in [-0.39, 0.29) is 11.9 Å². The van der Waals surface area contributed by atoms with Gasteiger partial charge in [0.05, 0.1) is 31.9 Å². The van der Waals surface area contributed by atoms with Gasteiger partial charge in [-0.3, -0.25) is 4.79 Å². The average molecular weight is 354 g/mol. The number of ether oxygens (including phenoxy) is 3. The van der Waals surface area contributed by atoms with E-state index in [1.54, 1.807) is 51.5 Å². The molecule has 136 valence electrons. The summed E-state index contributed by atoms with van der Waals surface area (Å²) in [6, 6.07) is 13.9. The van der Waals surface area contributed by atoms with Gasteiger partial charge in [-0.05, 0) is 44.2 Å². The number of nitrogens with one attached hydrogen (secondary N) is 1. The summed E-state index contributed by atoms with van der Waals surface area (Å²) >= 11 is 0. The number of amides is 1. The zero-order valence-electron chi connectivity index (χ0n) is 15.3. The standard InChI is InChI=1S/C20H22N2O4/c1-13(18-9-8-16(24-3)11-19(18)25-4)22-20(23)14(2)26-17-7-5-6-15(10-17)12-21/h5-11,13-14H,1-4H3,(H,22,23). The summed E-state index contributed by atoms with van der Waals surface area (Å²) in [5, 5.41) is 11.8. The molecular formula is C20H22N2O4. The molecule has 26 heavy (non-hydrogen) atoms. The van der Waals surface area contributed by atoms with Crippen molar-refractivity contribution in [2.24, 2.45) is 0 Å². The molecule has 0 radical (unpaired) electrons. The van der Waals surface area contributed by atoms with Gasteiger partial charge in [-0.1, -0.05) is 6.07 Å². The maximum absolute atomic E-state index is 12.4. The number of nitriles is 1. The van der Waals surface area contributed by atoms with E-state index >= 15 is 0 Å². The minimum absolute atomic E-state index is 0.266. The monoisotopic (exact) mass is 354 g/mol. The van der Waals surface area contributed by atoms with Gasteiger partial charge < -0.3 is 19.5 Å². The number of hydrogen-bond donors (Lipinski definition) is 1. The highest BCUT2D eigenvalue weighted by molar-refractivity contribution is 5.81. The molecule has 0 saturated carbocycles. The fourth-order valence-electron chi connectivity index (χ4n) is 2.48. The van der Waals surface area contributed by atoms with Gasteiger partial charge in [0, 0.05) is 11.6 Å². The Morgan fingerprint density at radius 2 is 1.85 bits per heavy atom. The van der Waals surface area contributed by atoms with Crippen molar-refractivity contribution in [3.8, 4) is 23.3 Å². The van der Waals surface area contributed by atoms with E-state index in [9.17, 15) is 4.79 Å². The van der Waals surface area contributed by atoms with Gasteiger partial charge in [0.25, 0.3) is 5.91 Å². The van der Waals surface area contributed by atoms with Crippen LogP contribution >= 0.6 is 0 Å². The summed E-state index contributed by atoms with van der Waals surface area (Å²) in [6.07, 6.45) is -0.712. The maximum Gasteiger partial charge on any atom is 0.261 e. The number of methoxy groups -OCH3 is 2. The molecule has 1 amide bonds. The first-order chi connectivity index (χ1) is 12.5. The number of carbonyl (C=O) groups is 1. The van der Waals surface area contributed by atoms with Crippen molar-refractivity contribution >= 4 is 5.91 Å². The van der Waals surface area contributed by atoms with Gasteiger partial charge in [-0.15, -0.1) is 0 Å². The number of benzene rings is 2. The molecule has 0 spiro atoms. The van der Waals surface area contributed by atoms with Crippen LogP contribution in [0, 0.1) is 11.3 Å². The van der Waals surface area contributed by atoms with Gasteiger partial charge in [-0.2, -0.15) is 5.26 Å². The van der Waals surface area contributed by atoms with Crippen LogP contribution in [0.15, 0.2) is 42.5 Å². The average Bonchev–Trinajstić information content (AvgIpc) is 2.67. The third-order valence-corrected chi connectivity index (χ3v) is 3.91. The Morgan fingerprint density at radius 1 is 1.08 bits per heavy atom. The molecule has 0 aromatic heterocycles. The molecule has 6 heteroatoms. The van der Waals surface area contributed by atoms with Crippen LogP contribution in [0.2, 0.25) is 0 Å². The molecule has 1 N–H and O–H groups in total. The molecule has 2 aromatic rings. The largest absolute Gasteiger partial charge is 0.497 e. The Balaban J connectivity index is 2.05. The van der Waals surface area contributed by atoms with E-state index in [2.05, 4.69) is 5.32 Å². The maximum atomic E-state index is 12.4. The predicted molar refractivity (Wildman–Crippen MR) is 97.4 cm³/mol. The van der Waals surface area contributed by atoms with E-state index < -0.39 is 6.10 Å². The molecule has 0 aliphatic carbocycles. The Morgan fingerprint density at radius 3 is 2.50 bits per heavy atom. The Hall–Kier alpha value is -3.20. The Kier molecular flexibility index (Phi) is 6.45. The summed E-state index contributed by atoms with van der Waals surface area (Å²) in [6.45, 7) is 3.53. The molecule has 0 saturated heterocycles. The summed E-state index contributed by atoms with van der Waals surface area (Å²) in [4.78, 5) is 12.4. The second kappa shape index (κ2) is 8.77. The summed E-state index contributed by atoms with van der Waals surface area (Å²) < 4.78 is 16.2. The molecule has 6 nitrogen and oxygen atoms in total. The van der Waals surface area contributed by atoms with E-state index in [0.717, 1.165) is 5.56 Å². The van der Waals surface area contributed by atoms with Crippen LogP contribution < -0.4 is 19.5 Å². The van der Waals surface area contributed by atoms with E-state index in [1.165, 1.54) is 0 Å². The molecule has 2 aromatic carbocycles. The van der Waals surface area contributed by atoms with Crippen LogP contribution in [-0.2, 0) is 4.79 Å². The van der Waals surface area contributed by atoms with Crippen molar-refractivity contribution < 1.29 is 19.0 Å². The van der Waals surface area contributed by atoms with Gasteiger partial charge >= 0.3 is 0 Å². The normalized spacial score (nSPS) is 12.4. The topological polar surface area (TPSA) is 80.6 Å². The smallest absolute Gasteiger partial charge is 0.261 e. The highest BCUT2D eigenvalue weighted by Crippen LogP contribution is 2.29. The zero-order chi connectivity index (χ0) is 19.1. The lowest BCUT2D eigenvalue weighted by molar-refractivity contribution is -0.127. The fourth-order valence-corrected chi connectivity index (χ4v) is 2.48. The van der Waals surface area contributed by atoms with Crippen LogP contribution in [0.4, 0.5) is 0 Å². The molecule has 2 rings (SSSR count). The third kappa shape index (κ3) is 4.67. The van der Waals surface area contributed by atoms with Crippen LogP contribution in [0.1, 0.15) is 31.0 Å². The minimum atomic E-state index is -0.712. The summed E-state index contributed by atoms with van der Waals surface area (Å²) in [7, 11) is 3.15. The van der Waals surface area contributed by atoms with Crippen LogP contribution in [0.5, 0.6) is 17.2 Å². The lowest BCUT2D eigenvalue weighted by atomic mass is 10.1. The number of nitrogens with zero attached hydrogens (tertiary/aromatic N) is 1. The molecule has 2 atom stereocenters. The molecule has 0 aliphatic heterocycles. The summed E-state index contributed by atoms with van der Waals surface area (Å²) in [5.41, 5.74) is 1.31. The highest BCUT2D eigenvalue weighted by Gasteiger charge is 2.20. The minimum Gasteiger partial charge on any atom is -0.497 e. The van der Waals surface area contributed by atoms with E-state index in [0.29, 0.717) is 22.8 Å². The number of carbonyl (C=O) groups excluding carboxylic acids is 1. The van der Waals surface area contributed by atoms with Crippen molar-refractivity contribution in [2.75, 3.05) is 14.2 Å². The van der Waals surface area contributed by atoms with Gasteiger partial charge in [-0.25, -0.2) is 0 Å². The third-order valence-electron chi connectivity index (χ3n) is 3.91. The quantitative estimate of drug-likeness (QED) is 0.826. The molecule has 2 unspecified atom stereocenters. The first-order valence-electron chi connectivity index (χ1n) is 8.17. The lowest BCUT2D eigenvalue weighted by Crippen LogP contribution is -2.37. The van der Waals surface area contributed by atoms with Gasteiger partial charge in [0.15, 0.2) is 6.10 Å². The van der Waals surface area contributed by atoms with Crippen molar-refractivity contribution in [1.82, 2.24) is 5.32 Å². The van der Waals surface area contributed by atoms with E-state index in [4.69, 9.17) is 19.5 Å². The number of rotatable bonds is 7. The highest BCUT2D eigenvalue weighted by atomic mass is 16.5. The van der Waals surface area contributed by atoms with Crippen LogP contribution in [0.25, 0.3) is 0 Å². The van der Waals surface area contributed by atoms with Crippen molar-refractivity contribution in [3.63, 3.8) is 0 Å². The second-order valence-electron chi connectivity index (χ2n) is 5.74. The first kappa shape index (κ1) is 19.1. The first-order valence-corrected chi connectivity index (χ1v) is 8.17. The van der Waals surface area contributed by atoms with Crippen LogP contribution in [-0.4, -0.2) is 26.2 Å². The van der Waals surface area contributed by atoms with Crippen molar-refractivity contribution in [1.29, 1.82) is 5.26 Å². The second-order valence-corrected chi connectivity index (χ2v) is 5.74. The molecular weight excluding hydrogens is 332 g/mol. The molecule has 0 aliphatic rings. The SMILES string of the molecule is COc1ccc(C(C)NC(=O)C(C)Oc2cccc(C#N)c2)c(OC)c1. The van der Waals surface area contributed by atoms with Crippen LogP contribution in [0.3, 0.4) is 0 Å². The fraction of sp³-hybridized carbons (Fsp3) is 0.300.